The first-order valence-corrected chi connectivity index (χ1v) is 23.5. The van der Waals surface area contributed by atoms with Gasteiger partial charge >= 0.3 is 11.9 Å². The predicted octanol–water partition coefficient (Wildman–Crippen LogP) is 4.24. The average molecular weight is 983 g/mol. The number of carbonyl (C=O) groups excluding carboxylic acids is 2. The first-order valence-electron chi connectivity index (χ1n) is 23.5. The lowest BCUT2D eigenvalue weighted by molar-refractivity contribution is -0.0235. The quantitative estimate of drug-likeness (QED) is 0.0675. The van der Waals surface area contributed by atoms with Crippen molar-refractivity contribution in [3.8, 4) is 0 Å². The largest absolute Gasteiger partial charge is 0.460 e. The third-order valence-corrected chi connectivity index (χ3v) is 8.87. The van der Waals surface area contributed by atoms with E-state index in [-0.39, 0.29) is 25.8 Å². The van der Waals surface area contributed by atoms with E-state index in [9.17, 15) is 9.59 Å². The third-order valence-electron chi connectivity index (χ3n) is 8.87. The molecule has 2 aromatic carbocycles. The Labute approximate surface area is 408 Å². The maximum Gasteiger partial charge on any atom is 0.338 e. The van der Waals surface area contributed by atoms with E-state index in [1.807, 2.05) is 36.4 Å². The van der Waals surface area contributed by atoms with Crippen molar-refractivity contribution in [1.29, 1.82) is 0 Å². The number of methoxy groups -OCH3 is 1. The second-order valence-corrected chi connectivity index (χ2v) is 14.2. The van der Waals surface area contributed by atoms with E-state index in [4.69, 9.17) is 80.5 Å². The molecule has 69 heavy (non-hydrogen) atoms. The highest BCUT2D eigenvalue weighted by Gasteiger charge is 2.08. The van der Waals surface area contributed by atoms with Gasteiger partial charge in [0.25, 0.3) is 0 Å². The van der Waals surface area contributed by atoms with Gasteiger partial charge in [-0.05, 0) is 35.4 Å². The van der Waals surface area contributed by atoms with Gasteiger partial charge in [-0.25, -0.2) is 9.59 Å². The van der Waals surface area contributed by atoms with Crippen LogP contribution in [0.5, 0.6) is 0 Å². The summed E-state index contributed by atoms with van der Waals surface area (Å²) in [5, 5.41) is 0. The molecule has 0 spiro atoms. The molecule has 19 nitrogen and oxygen atoms in total. The minimum Gasteiger partial charge on any atom is -0.460 e. The van der Waals surface area contributed by atoms with Gasteiger partial charge in [-0.15, -0.1) is 0 Å². The van der Waals surface area contributed by atoms with Crippen LogP contribution >= 0.6 is 0 Å². The van der Waals surface area contributed by atoms with Gasteiger partial charge in [0.2, 0.25) is 0 Å². The average Bonchev–Trinajstić information content (AvgIpc) is 3.37. The highest BCUT2D eigenvalue weighted by Crippen LogP contribution is 2.09. The highest BCUT2D eigenvalue weighted by atomic mass is 16.6. The Kier molecular flexibility index (Phi) is 42.6. The van der Waals surface area contributed by atoms with E-state index in [0.29, 0.717) is 196 Å². The summed E-state index contributed by atoms with van der Waals surface area (Å²) >= 11 is 0. The zero-order chi connectivity index (χ0) is 49.2. The molecule has 2 rings (SSSR count). The number of esters is 2. The minimum absolute atomic E-state index is 0.144. The molecule has 0 aliphatic carbocycles. The van der Waals surface area contributed by atoms with Crippen LogP contribution in [0.2, 0.25) is 0 Å². The molecule has 2 aromatic rings. The van der Waals surface area contributed by atoms with Crippen molar-refractivity contribution in [2.75, 3.05) is 212 Å². The molecule has 0 saturated carbocycles. The molecule has 0 bridgehead atoms. The SMILES string of the molecule is C=Cc1ccc(C(=O)OCCOCCOCCOCCOCCOCCOCCOC/C=C/c2ccc(C(=O)OCCOCCOCCOCCOCCOCCOCCOCCOC)cc2)cc1. The first-order chi connectivity index (χ1) is 34.1. The van der Waals surface area contributed by atoms with Crippen LogP contribution in [0.15, 0.2) is 61.2 Å². The van der Waals surface area contributed by atoms with Crippen molar-refractivity contribution < 1.29 is 90.1 Å². The normalized spacial score (nSPS) is 11.4. The fraction of sp³-hybridized carbons (Fsp3) is 0.640. The molecule has 0 radical (unpaired) electrons. The molecule has 0 fully saturated rings. The van der Waals surface area contributed by atoms with Gasteiger partial charge in [-0.3, -0.25) is 0 Å². The maximum absolute atomic E-state index is 12.4. The van der Waals surface area contributed by atoms with Gasteiger partial charge in [-0.2, -0.15) is 0 Å². The smallest absolute Gasteiger partial charge is 0.338 e. The van der Waals surface area contributed by atoms with Gasteiger partial charge in [0.05, 0.1) is 203 Å². The molecule has 392 valence electrons. The first kappa shape index (κ1) is 61.4. The molecule has 0 unspecified atom stereocenters. The van der Waals surface area contributed by atoms with Crippen LogP contribution in [0, 0.1) is 0 Å². The zero-order valence-corrected chi connectivity index (χ0v) is 40.7. The topological polar surface area (TPSA) is 191 Å². The molecule has 0 N–H and O–H groups in total. The lowest BCUT2D eigenvalue weighted by Crippen LogP contribution is -2.15. The fourth-order valence-electron chi connectivity index (χ4n) is 5.26. The number of benzene rings is 2. The van der Waals surface area contributed by atoms with E-state index in [0.717, 1.165) is 11.1 Å². The molecule has 19 heteroatoms. The highest BCUT2D eigenvalue weighted by molar-refractivity contribution is 5.90. The standard InChI is InChI=1S/C50H78O19/c1-3-45-6-10-47(11-7-45)49(51)68-43-41-66-39-37-64-35-33-62-31-29-60-26-25-58-22-21-56-18-17-54-14-4-5-46-8-12-48(13-9-46)50(52)69-44-42-67-40-38-65-36-34-63-32-30-61-28-27-59-24-23-57-20-19-55-16-15-53-2/h3-13H,1,14-44H2,2H3/b5-4+. The van der Waals surface area contributed by atoms with Crippen molar-refractivity contribution in [1.82, 2.24) is 0 Å². The molecule has 0 atom stereocenters. The Balaban J connectivity index is 1.24. The van der Waals surface area contributed by atoms with E-state index in [1.54, 1.807) is 37.5 Å². The van der Waals surface area contributed by atoms with Crippen LogP contribution in [-0.4, -0.2) is 224 Å². The zero-order valence-electron chi connectivity index (χ0n) is 40.7. The molecule has 0 aliphatic rings. The van der Waals surface area contributed by atoms with Gasteiger partial charge < -0.3 is 80.5 Å². The van der Waals surface area contributed by atoms with Gasteiger partial charge in [-0.1, -0.05) is 49.1 Å². The number of ether oxygens (including phenoxy) is 17. The Hall–Kier alpha value is -3.74. The second kappa shape index (κ2) is 47.9. The molecule has 0 amide bonds. The molecule has 0 aliphatic heterocycles. The van der Waals surface area contributed by atoms with E-state index in [2.05, 4.69) is 6.58 Å². The van der Waals surface area contributed by atoms with Crippen molar-refractivity contribution in [3.05, 3.63) is 83.4 Å². The molecular formula is C50H78O19. The van der Waals surface area contributed by atoms with Crippen molar-refractivity contribution in [2.45, 2.75) is 0 Å². The van der Waals surface area contributed by atoms with Crippen LogP contribution in [0.1, 0.15) is 31.8 Å². The maximum atomic E-state index is 12.4. The Bertz CT molecular complexity index is 1490. The second-order valence-electron chi connectivity index (χ2n) is 14.2. The summed E-state index contributed by atoms with van der Waals surface area (Å²) in [6.07, 6.45) is 5.53. The summed E-state index contributed by atoms with van der Waals surface area (Å²) in [6, 6.07) is 14.2. The fourth-order valence-corrected chi connectivity index (χ4v) is 5.26. The van der Waals surface area contributed by atoms with Crippen LogP contribution in [0.4, 0.5) is 0 Å². The molecular weight excluding hydrogens is 905 g/mol. The van der Waals surface area contributed by atoms with Crippen molar-refractivity contribution in [3.63, 3.8) is 0 Å². The molecule has 0 saturated heterocycles. The lowest BCUT2D eigenvalue weighted by atomic mass is 10.1. The van der Waals surface area contributed by atoms with Gasteiger partial charge in [0.15, 0.2) is 0 Å². The van der Waals surface area contributed by atoms with E-state index < -0.39 is 5.97 Å². The minimum atomic E-state index is -0.412. The van der Waals surface area contributed by atoms with Gasteiger partial charge in [0, 0.05) is 7.11 Å². The Morgan fingerprint density at radius 3 is 0.870 bits per heavy atom. The van der Waals surface area contributed by atoms with Crippen LogP contribution < -0.4 is 0 Å². The monoisotopic (exact) mass is 983 g/mol. The summed E-state index contributed by atoms with van der Waals surface area (Å²) in [6.45, 7) is 17.3. The van der Waals surface area contributed by atoms with Gasteiger partial charge in [0.1, 0.15) is 13.2 Å². The Morgan fingerprint density at radius 1 is 0.348 bits per heavy atom. The summed E-state index contributed by atoms with van der Waals surface area (Å²) in [5.74, 6) is -0.800. The number of carbonyl (C=O) groups is 2. The van der Waals surface area contributed by atoms with Crippen molar-refractivity contribution in [2.24, 2.45) is 0 Å². The molecule has 0 heterocycles. The summed E-state index contributed by atoms with van der Waals surface area (Å²) < 4.78 is 92.0. The van der Waals surface area contributed by atoms with Crippen molar-refractivity contribution >= 4 is 24.1 Å². The lowest BCUT2D eigenvalue weighted by Gasteiger charge is -2.09. The molecule has 0 aromatic heterocycles. The van der Waals surface area contributed by atoms with E-state index in [1.165, 1.54) is 0 Å². The number of rotatable bonds is 51. The summed E-state index contributed by atoms with van der Waals surface area (Å²) in [5.41, 5.74) is 2.82. The predicted molar refractivity (Wildman–Crippen MR) is 256 cm³/mol. The number of hydrogen-bond acceptors (Lipinski definition) is 19. The summed E-state index contributed by atoms with van der Waals surface area (Å²) in [7, 11) is 1.64. The third kappa shape index (κ3) is 38.7. The van der Waals surface area contributed by atoms with Crippen LogP contribution in [0.3, 0.4) is 0 Å². The Morgan fingerprint density at radius 2 is 0.594 bits per heavy atom. The van der Waals surface area contributed by atoms with Crippen LogP contribution in [0.25, 0.3) is 12.2 Å². The van der Waals surface area contributed by atoms with Crippen LogP contribution in [-0.2, 0) is 80.5 Å². The summed E-state index contributed by atoms with van der Waals surface area (Å²) in [4.78, 5) is 24.4. The van der Waals surface area contributed by atoms with E-state index >= 15 is 0 Å². The number of hydrogen-bond donors (Lipinski definition) is 0.